The van der Waals surface area contributed by atoms with Gasteiger partial charge >= 0.3 is 5.97 Å². The van der Waals surface area contributed by atoms with E-state index in [0.29, 0.717) is 34.0 Å². The van der Waals surface area contributed by atoms with Crippen LogP contribution in [-0.2, 0) is 9.53 Å². The molecule has 0 atom stereocenters. The molecule has 6 nitrogen and oxygen atoms in total. The number of hydrogen-bond donors (Lipinski definition) is 1. The molecule has 25 heavy (non-hydrogen) atoms. The van der Waals surface area contributed by atoms with Gasteiger partial charge in [-0.2, -0.15) is 0 Å². The van der Waals surface area contributed by atoms with Crippen LogP contribution < -0.4 is 14.8 Å². The van der Waals surface area contributed by atoms with Crippen LogP contribution in [0.5, 0.6) is 11.5 Å². The topological polar surface area (TPSA) is 73.9 Å². The first-order valence-electron chi connectivity index (χ1n) is 7.86. The lowest BCUT2D eigenvalue weighted by atomic mass is 10.0. The van der Waals surface area contributed by atoms with E-state index in [1.807, 2.05) is 11.4 Å². The highest BCUT2D eigenvalue weighted by atomic mass is 32.1. The Bertz CT molecular complexity index is 769. The van der Waals surface area contributed by atoms with Gasteiger partial charge in [-0.25, -0.2) is 4.79 Å². The number of carbonyl (C=O) groups excluding carboxylic acids is 2. The predicted molar refractivity (Wildman–Crippen MR) is 97.7 cm³/mol. The lowest BCUT2D eigenvalue weighted by Crippen LogP contribution is -2.13. The number of hydrogen-bond acceptors (Lipinski definition) is 6. The summed E-state index contributed by atoms with van der Waals surface area (Å²) < 4.78 is 15.7. The molecule has 0 bridgehead atoms. The Hall–Kier alpha value is -2.54. The van der Waals surface area contributed by atoms with E-state index in [0.717, 1.165) is 5.56 Å². The Kier molecular flexibility index (Phi) is 6.41. The second kappa shape index (κ2) is 8.53. The van der Waals surface area contributed by atoms with Gasteiger partial charge in [0.05, 0.1) is 20.8 Å². The van der Waals surface area contributed by atoms with Crippen LogP contribution in [0.2, 0.25) is 0 Å². The first-order valence-corrected chi connectivity index (χ1v) is 8.74. The lowest BCUT2D eigenvalue weighted by molar-refractivity contribution is -0.115. The summed E-state index contributed by atoms with van der Waals surface area (Å²) in [6.45, 7) is 3.74. The number of methoxy groups -OCH3 is 2. The van der Waals surface area contributed by atoms with Crippen molar-refractivity contribution in [1.29, 1.82) is 0 Å². The van der Waals surface area contributed by atoms with Crippen LogP contribution in [0.3, 0.4) is 0 Å². The minimum absolute atomic E-state index is 0.161. The summed E-state index contributed by atoms with van der Waals surface area (Å²) in [6, 6.07) is 5.39. The maximum Gasteiger partial charge on any atom is 0.341 e. The van der Waals surface area contributed by atoms with Crippen molar-refractivity contribution in [3.05, 3.63) is 29.1 Å². The molecule has 1 aromatic heterocycles. The Labute approximate surface area is 150 Å². The molecule has 134 valence electrons. The number of ether oxygens (including phenoxy) is 3. The summed E-state index contributed by atoms with van der Waals surface area (Å²) in [5.41, 5.74) is 1.80. The van der Waals surface area contributed by atoms with E-state index < -0.39 is 5.97 Å². The average Bonchev–Trinajstić information content (AvgIpc) is 3.04. The average molecular weight is 363 g/mol. The van der Waals surface area contributed by atoms with Gasteiger partial charge in [-0.1, -0.05) is 13.0 Å². The van der Waals surface area contributed by atoms with E-state index >= 15 is 0 Å². The highest BCUT2D eigenvalue weighted by Crippen LogP contribution is 2.39. The normalized spacial score (nSPS) is 10.2. The number of thiophene rings is 1. The molecule has 0 aliphatic heterocycles. The van der Waals surface area contributed by atoms with Crippen molar-refractivity contribution in [3.63, 3.8) is 0 Å². The van der Waals surface area contributed by atoms with E-state index in [1.165, 1.54) is 11.3 Å². The van der Waals surface area contributed by atoms with Crippen molar-refractivity contribution in [1.82, 2.24) is 0 Å². The molecule has 0 fully saturated rings. The third-order valence-electron chi connectivity index (χ3n) is 3.54. The second-order valence-corrected chi connectivity index (χ2v) is 5.93. The Balaban J connectivity index is 2.53. The van der Waals surface area contributed by atoms with E-state index in [4.69, 9.17) is 14.2 Å². The van der Waals surface area contributed by atoms with E-state index in [-0.39, 0.29) is 12.5 Å². The first-order chi connectivity index (χ1) is 12.0. The van der Waals surface area contributed by atoms with Crippen molar-refractivity contribution in [2.24, 2.45) is 0 Å². The van der Waals surface area contributed by atoms with Gasteiger partial charge in [0.15, 0.2) is 11.5 Å². The number of benzene rings is 1. The smallest absolute Gasteiger partial charge is 0.341 e. The fraction of sp³-hybridized carbons (Fsp3) is 0.333. The molecular weight excluding hydrogens is 342 g/mol. The summed E-state index contributed by atoms with van der Waals surface area (Å²) >= 11 is 1.29. The lowest BCUT2D eigenvalue weighted by Gasteiger charge is -2.11. The van der Waals surface area contributed by atoms with E-state index in [2.05, 4.69) is 5.32 Å². The molecular formula is C18H21NO5S. The van der Waals surface area contributed by atoms with Gasteiger partial charge in [-0.05, 0) is 24.6 Å². The van der Waals surface area contributed by atoms with Crippen LogP contribution in [0.25, 0.3) is 11.1 Å². The zero-order chi connectivity index (χ0) is 18.4. The monoisotopic (exact) mass is 363 g/mol. The summed E-state index contributed by atoms with van der Waals surface area (Å²) in [5.74, 6) is 0.519. The number of nitrogens with one attached hydrogen (secondary N) is 1. The molecule has 1 aromatic carbocycles. The third-order valence-corrected chi connectivity index (χ3v) is 4.43. The zero-order valence-corrected chi connectivity index (χ0v) is 15.5. The van der Waals surface area contributed by atoms with Crippen molar-refractivity contribution in [3.8, 4) is 22.6 Å². The molecule has 0 aliphatic carbocycles. The highest BCUT2D eigenvalue weighted by Gasteiger charge is 2.23. The predicted octanol–water partition coefficient (Wildman–Crippen LogP) is 3.96. The maximum atomic E-state index is 12.4. The molecule has 2 aromatic rings. The number of carbonyl (C=O) groups is 2. The Morgan fingerprint density at radius 1 is 1.12 bits per heavy atom. The largest absolute Gasteiger partial charge is 0.493 e. The van der Waals surface area contributed by atoms with Crippen LogP contribution in [-0.4, -0.2) is 32.7 Å². The van der Waals surface area contributed by atoms with Gasteiger partial charge in [0, 0.05) is 17.4 Å². The molecule has 2 rings (SSSR count). The maximum absolute atomic E-state index is 12.4. The molecule has 0 aliphatic rings. The van der Waals surface area contributed by atoms with Crippen molar-refractivity contribution >= 4 is 28.2 Å². The summed E-state index contributed by atoms with van der Waals surface area (Å²) in [7, 11) is 3.11. The van der Waals surface area contributed by atoms with Crippen molar-refractivity contribution < 1.29 is 23.8 Å². The minimum atomic E-state index is -0.472. The molecule has 1 amide bonds. The SMILES string of the molecule is CCOC(=O)c1c(-c2ccc(OC)c(OC)c2)csc1NC(=O)CC. The highest BCUT2D eigenvalue weighted by molar-refractivity contribution is 7.15. The van der Waals surface area contributed by atoms with Crippen LogP contribution in [0, 0.1) is 0 Å². The summed E-state index contributed by atoms with van der Waals surface area (Å²) in [4.78, 5) is 24.2. The number of amides is 1. The van der Waals surface area contributed by atoms with Crippen LogP contribution in [0.1, 0.15) is 30.6 Å². The zero-order valence-electron chi connectivity index (χ0n) is 14.7. The molecule has 0 saturated carbocycles. The number of rotatable bonds is 7. The molecule has 0 unspecified atom stereocenters. The van der Waals surface area contributed by atoms with Crippen molar-refractivity contribution in [2.45, 2.75) is 20.3 Å². The molecule has 0 spiro atoms. The van der Waals surface area contributed by atoms with Gasteiger partial charge < -0.3 is 19.5 Å². The number of anilines is 1. The van der Waals surface area contributed by atoms with Gasteiger partial charge in [-0.15, -0.1) is 11.3 Å². The second-order valence-electron chi connectivity index (χ2n) is 5.05. The van der Waals surface area contributed by atoms with Gasteiger partial charge in [0.25, 0.3) is 0 Å². The molecule has 1 N–H and O–H groups in total. The first kappa shape index (κ1) is 18.8. The minimum Gasteiger partial charge on any atom is -0.493 e. The molecule has 0 saturated heterocycles. The van der Waals surface area contributed by atoms with Gasteiger partial charge in [0.2, 0.25) is 5.91 Å². The molecule has 0 radical (unpaired) electrons. The molecule has 1 heterocycles. The van der Waals surface area contributed by atoms with Gasteiger partial charge in [0.1, 0.15) is 10.6 Å². The Morgan fingerprint density at radius 3 is 2.44 bits per heavy atom. The van der Waals surface area contributed by atoms with Crippen LogP contribution in [0.4, 0.5) is 5.00 Å². The number of esters is 1. The summed E-state index contributed by atoms with van der Waals surface area (Å²) in [6.07, 6.45) is 0.325. The van der Waals surface area contributed by atoms with Crippen LogP contribution in [0.15, 0.2) is 23.6 Å². The standard InChI is InChI=1S/C18H21NO5S/c1-5-15(20)19-17-16(18(21)24-6-2)12(10-25-17)11-7-8-13(22-3)14(9-11)23-4/h7-10H,5-6H2,1-4H3,(H,19,20). The fourth-order valence-corrected chi connectivity index (χ4v) is 3.26. The van der Waals surface area contributed by atoms with E-state index in [9.17, 15) is 9.59 Å². The van der Waals surface area contributed by atoms with E-state index in [1.54, 1.807) is 40.2 Å². The third kappa shape index (κ3) is 4.11. The van der Waals surface area contributed by atoms with Crippen LogP contribution >= 0.6 is 11.3 Å². The quantitative estimate of drug-likeness (QED) is 0.754. The summed E-state index contributed by atoms with van der Waals surface area (Å²) in [5, 5.41) is 5.06. The Morgan fingerprint density at radius 2 is 1.84 bits per heavy atom. The molecule has 7 heteroatoms. The fourth-order valence-electron chi connectivity index (χ4n) is 2.29. The van der Waals surface area contributed by atoms with Crippen molar-refractivity contribution in [2.75, 3.05) is 26.1 Å². The van der Waals surface area contributed by atoms with Gasteiger partial charge in [-0.3, -0.25) is 4.79 Å².